The summed E-state index contributed by atoms with van der Waals surface area (Å²) in [4.78, 5) is 21.8. The van der Waals surface area contributed by atoms with Crippen LogP contribution in [0, 0.1) is 21.0 Å². The number of oxime groups is 1. The first-order chi connectivity index (χ1) is 15.3. The number of anilines is 2. The molecule has 0 aromatic heterocycles. The second-order valence-corrected chi connectivity index (χ2v) is 7.38. The van der Waals surface area contributed by atoms with Gasteiger partial charge in [-0.15, -0.1) is 0 Å². The highest BCUT2D eigenvalue weighted by Crippen LogP contribution is 2.30. The quantitative estimate of drug-likeness (QED) is 0.121. The molecule has 0 aliphatic carbocycles. The van der Waals surface area contributed by atoms with Gasteiger partial charge in [0.05, 0.1) is 43.0 Å². The van der Waals surface area contributed by atoms with E-state index in [0.717, 1.165) is 18.3 Å². The summed E-state index contributed by atoms with van der Waals surface area (Å²) in [7, 11) is 0. The largest absolute Gasteiger partial charge is 0.394 e. The molecule has 1 unspecified atom stereocenters. The van der Waals surface area contributed by atoms with E-state index in [1.807, 2.05) is 28.1 Å². The van der Waals surface area contributed by atoms with Crippen molar-refractivity contribution in [3.63, 3.8) is 0 Å². The molecule has 1 atom stereocenters. The molecular formula is C19H19F3IN3O6. The molecule has 0 bridgehead atoms. The second-order valence-electron chi connectivity index (χ2n) is 6.14. The first-order valence-electron chi connectivity index (χ1n) is 8.99. The van der Waals surface area contributed by atoms with Crippen molar-refractivity contribution < 1.29 is 43.0 Å². The molecule has 2 aromatic rings. The van der Waals surface area contributed by atoms with Crippen molar-refractivity contribution in [2.45, 2.75) is 6.10 Å². The van der Waals surface area contributed by atoms with E-state index >= 15 is 0 Å². The van der Waals surface area contributed by atoms with Gasteiger partial charge in [0.15, 0.2) is 11.6 Å². The number of hydroxylamine groups is 1. The van der Waals surface area contributed by atoms with Gasteiger partial charge in [0.25, 0.3) is 5.91 Å². The van der Waals surface area contributed by atoms with Gasteiger partial charge in [-0.25, -0.2) is 18.7 Å². The SMILES string of the molecule is O=C(NOCCO)c1cc(/C=N\OCC(O)CO)c(F)c(F)c1Nc1ccc(I)cc1F. The van der Waals surface area contributed by atoms with E-state index in [2.05, 4.69) is 15.3 Å². The Morgan fingerprint density at radius 1 is 1.22 bits per heavy atom. The number of halogens is 4. The third-order valence-electron chi connectivity index (χ3n) is 3.77. The molecule has 5 N–H and O–H groups in total. The fourth-order valence-corrected chi connectivity index (χ4v) is 2.71. The van der Waals surface area contributed by atoms with E-state index in [9.17, 15) is 23.1 Å². The molecule has 2 rings (SSSR count). The number of carbonyl (C=O) groups is 1. The number of nitrogens with one attached hydrogen (secondary N) is 2. The summed E-state index contributed by atoms with van der Waals surface area (Å²) in [6, 6.07) is 4.87. The summed E-state index contributed by atoms with van der Waals surface area (Å²) in [6.07, 6.45) is -0.475. The maximum absolute atomic E-state index is 14.9. The summed E-state index contributed by atoms with van der Waals surface area (Å²) in [5.41, 5.74) is 0.118. The lowest BCUT2D eigenvalue weighted by atomic mass is 10.1. The number of carbonyl (C=O) groups excluding carboxylic acids is 1. The lowest BCUT2D eigenvalue weighted by Gasteiger charge is -2.15. The van der Waals surface area contributed by atoms with Crippen molar-refractivity contribution in [3.05, 3.63) is 56.4 Å². The van der Waals surface area contributed by atoms with Crippen LogP contribution in [0.1, 0.15) is 15.9 Å². The number of hydrogen-bond acceptors (Lipinski definition) is 8. The number of hydrogen-bond donors (Lipinski definition) is 5. The third-order valence-corrected chi connectivity index (χ3v) is 4.44. The number of rotatable bonds is 11. The molecule has 0 saturated heterocycles. The number of benzene rings is 2. The zero-order valence-electron chi connectivity index (χ0n) is 16.3. The molecule has 0 heterocycles. The smallest absolute Gasteiger partial charge is 0.277 e. The van der Waals surface area contributed by atoms with Crippen LogP contribution in [0.3, 0.4) is 0 Å². The van der Waals surface area contributed by atoms with Crippen LogP contribution in [0.25, 0.3) is 0 Å². The van der Waals surface area contributed by atoms with Gasteiger partial charge in [-0.2, -0.15) is 0 Å². The Morgan fingerprint density at radius 3 is 2.62 bits per heavy atom. The maximum atomic E-state index is 14.9. The fourth-order valence-electron chi connectivity index (χ4n) is 2.26. The number of nitrogens with zero attached hydrogens (tertiary/aromatic N) is 1. The number of aliphatic hydroxyl groups is 3. The molecule has 13 heteroatoms. The van der Waals surface area contributed by atoms with Gasteiger partial charge in [-0.1, -0.05) is 5.16 Å². The van der Waals surface area contributed by atoms with E-state index in [0.29, 0.717) is 3.57 Å². The molecule has 32 heavy (non-hydrogen) atoms. The van der Waals surface area contributed by atoms with E-state index in [1.165, 1.54) is 12.1 Å². The molecule has 0 aliphatic rings. The molecule has 9 nitrogen and oxygen atoms in total. The van der Waals surface area contributed by atoms with E-state index < -0.39 is 66.1 Å². The first-order valence-corrected chi connectivity index (χ1v) is 10.1. The standard InChI is InChI=1S/C19H19F3IN3O6/c20-14-6-11(23)1-2-15(14)25-18-13(19(30)26-31-4-3-27)5-10(16(21)17(18)22)7-24-32-9-12(29)8-28/h1-2,5-7,12,25,27-29H,3-4,8-9H2,(H,26,30)/b24-7-. The van der Waals surface area contributed by atoms with Crippen LogP contribution in [0.4, 0.5) is 24.5 Å². The van der Waals surface area contributed by atoms with Crippen LogP contribution < -0.4 is 10.8 Å². The number of amides is 1. The molecule has 0 aliphatic heterocycles. The summed E-state index contributed by atoms with van der Waals surface area (Å²) in [5, 5.41) is 32.4. The van der Waals surface area contributed by atoms with E-state index in [4.69, 9.17) is 15.1 Å². The Morgan fingerprint density at radius 2 is 1.97 bits per heavy atom. The highest BCUT2D eigenvalue weighted by atomic mass is 127. The predicted octanol–water partition coefficient (Wildman–Crippen LogP) is 1.81. The lowest BCUT2D eigenvalue weighted by molar-refractivity contribution is 0.00882. The normalized spacial score (nSPS) is 12.1. The van der Waals surface area contributed by atoms with Crippen molar-refractivity contribution in [2.24, 2.45) is 5.16 Å². The summed E-state index contributed by atoms with van der Waals surface area (Å²) >= 11 is 1.87. The van der Waals surface area contributed by atoms with Crippen molar-refractivity contribution >= 4 is 46.1 Å². The van der Waals surface area contributed by atoms with Crippen LogP contribution in [0.5, 0.6) is 0 Å². The van der Waals surface area contributed by atoms with Crippen molar-refractivity contribution in [1.29, 1.82) is 0 Å². The van der Waals surface area contributed by atoms with Crippen LogP contribution in [-0.2, 0) is 9.68 Å². The predicted molar refractivity (Wildman–Crippen MR) is 116 cm³/mol. The first kappa shape index (κ1) is 25.8. The van der Waals surface area contributed by atoms with Gasteiger partial charge in [-0.3, -0.25) is 9.63 Å². The molecule has 174 valence electrons. The summed E-state index contributed by atoms with van der Waals surface area (Å²) in [5.74, 6) is -4.70. The second kappa shape index (κ2) is 12.5. The van der Waals surface area contributed by atoms with Gasteiger partial charge in [0.1, 0.15) is 18.5 Å². The Labute approximate surface area is 193 Å². The number of aliphatic hydroxyl groups excluding tert-OH is 3. The maximum Gasteiger partial charge on any atom is 0.277 e. The fraction of sp³-hybridized carbons (Fsp3) is 0.263. The van der Waals surface area contributed by atoms with E-state index in [1.54, 1.807) is 0 Å². The monoisotopic (exact) mass is 569 g/mol. The Bertz CT molecular complexity index is 980. The highest BCUT2D eigenvalue weighted by molar-refractivity contribution is 14.1. The summed E-state index contributed by atoms with van der Waals surface area (Å²) in [6.45, 7) is -1.68. The topological polar surface area (TPSA) is 133 Å². The Balaban J connectivity index is 2.42. The van der Waals surface area contributed by atoms with Crippen molar-refractivity contribution in [2.75, 3.05) is 31.7 Å². The van der Waals surface area contributed by atoms with Crippen LogP contribution in [0.2, 0.25) is 0 Å². The Kier molecular flexibility index (Phi) is 10.1. The third kappa shape index (κ3) is 7.03. The lowest BCUT2D eigenvalue weighted by Crippen LogP contribution is -2.26. The zero-order chi connectivity index (χ0) is 23.7. The molecule has 1 amide bonds. The Hall–Kier alpha value is -2.46. The minimum Gasteiger partial charge on any atom is -0.394 e. The molecule has 2 aromatic carbocycles. The highest BCUT2D eigenvalue weighted by Gasteiger charge is 2.23. The molecular weight excluding hydrogens is 550 g/mol. The van der Waals surface area contributed by atoms with Crippen LogP contribution in [0.15, 0.2) is 29.4 Å². The average molecular weight is 569 g/mol. The van der Waals surface area contributed by atoms with Gasteiger partial charge < -0.3 is 25.5 Å². The molecule has 0 saturated carbocycles. The minimum absolute atomic E-state index is 0.211. The van der Waals surface area contributed by atoms with Crippen LogP contribution in [-0.4, -0.2) is 60.0 Å². The van der Waals surface area contributed by atoms with E-state index in [-0.39, 0.29) is 12.3 Å². The van der Waals surface area contributed by atoms with Crippen molar-refractivity contribution in [1.82, 2.24) is 5.48 Å². The van der Waals surface area contributed by atoms with Gasteiger partial charge in [-0.05, 0) is 46.9 Å². The van der Waals surface area contributed by atoms with Crippen molar-refractivity contribution in [3.8, 4) is 0 Å². The average Bonchev–Trinajstić information content (AvgIpc) is 2.77. The van der Waals surface area contributed by atoms with Gasteiger partial charge >= 0.3 is 0 Å². The van der Waals surface area contributed by atoms with Crippen LogP contribution >= 0.6 is 22.6 Å². The van der Waals surface area contributed by atoms with Gasteiger partial charge in [0.2, 0.25) is 0 Å². The molecule has 0 spiro atoms. The summed E-state index contributed by atoms with van der Waals surface area (Å²) < 4.78 is 44.2. The molecule has 0 fully saturated rings. The zero-order valence-corrected chi connectivity index (χ0v) is 18.5. The molecule has 0 radical (unpaired) electrons. The van der Waals surface area contributed by atoms with Gasteiger partial charge in [0, 0.05) is 9.13 Å². The minimum atomic E-state index is -1.50.